The fourth-order valence-electron chi connectivity index (χ4n) is 2.10. The van der Waals surface area contributed by atoms with Crippen LogP contribution in [0.1, 0.15) is 10.6 Å². The summed E-state index contributed by atoms with van der Waals surface area (Å²) in [7, 11) is -8.42. The Morgan fingerprint density at radius 1 is 0.966 bits per heavy atom. The summed E-state index contributed by atoms with van der Waals surface area (Å²) >= 11 is 12.8. The molecular formula is C15H10Cl2N2O7S3. The second-order valence-electron chi connectivity index (χ2n) is 5.38. The maximum atomic E-state index is 12.5. The lowest BCUT2D eigenvalue weighted by molar-refractivity contribution is 0.0656. The van der Waals surface area contributed by atoms with E-state index in [1.165, 1.54) is 12.1 Å². The molecule has 0 radical (unpaired) electrons. The van der Waals surface area contributed by atoms with E-state index in [9.17, 15) is 21.6 Å². The summed E-state index contributed by atoms with van der Waals surface area (Å²) in [6, 6.07) is 7.05. The van der Waals surface area contributed by atoms with Gasteiger partial charge in [0.2, 0.25) is 10.9 Å². The third kappa shape index (κ3) is 4.67. The molecule has 14 heteroatoms. The molecule has 0 aliphatic heterocycles. The topological polar surface area (TPSA) is 143 Å². The minimum absolute atomic E-state index is 0.00508. The van der Waals surface area contributed by atoms with E-state index in [1.807, 2.05) is 0 Å². The number of hydrogen-bond donors (Lipinski definition) is 3. The molecule has 2 heterocycles. The van der Waals surface area contributed by atoms with Crippen molar-refractivity contribution in [3.8, 4) is 0 Å². The van der Waals surface area contributed by atoms with Crippen LogP contribution in [0.4, 0.5) is 11.4 Å². The standard InChI is InChI=1S/C15H10Cl2N2O7S3/c16-8-6-10(18-28(22,23)13-4-3-12(26-13)15(20)21)11(7-9(8)17)19-29(24,25)14-2-1-5-27-14/h1-7,18-19H,(H,20,21). The molecule has 0 aliphatic carbocycles. The van der Waals surface area contributed by atoms with Gasteiger partial charge in [-0.1, -0.05) is 29.3 Å². The molecule has 2 aromatic heterocycles. The van der Waals surface area contributed by atoms with E-state index < -0.39 is 36.9 Å². The van der Waals surface area contributed by atoms with Crippen LogP contribution >= 0.6 is 34.5 Å². The summed E-state index contributed by atoms with van der Waals surface area (Å²) in [6.07, 6.45) is 0. The van der Waals surface area contributed by atoms with Crippen LogP contribution in [0.3, 0.4) is 0 Å². The number of carboxylic acids is 1. The van der Waals surface area contributed by atoms with Gasteiger partial charge in [0.05, 0.1) is 21.4 Å². The Morgan fingerprint density at radius 3 is 2.03 bits per heavy atom. The van der Waals surface area contributed by atoms with Crippen molar-refractivity contribution in [2.24, 2.45) is 0 Å². The van der Waals surface area contributed by atoms with Crippen LogP contribution in [0, 0.1) is 0 Å². The van der Waals surface area contributed by atoms with Gasteiger partial charge in [-0.05, 0) is 35.7 Å². The lowest BCUT2D eigenvalue weighted by Crippen LogP contribution is -2.17. The first-order chi connectivity index (χ1) is 13.5. The van der Waals surface area contributed by atoms with Gasteiger partial charge in [0.1, 0.15) is 4.21 Å². The number of aromatic carboxylic acids is 1. The molecule has 0 atom stereocenters. The normalized spacial score (nSPS) is 11.9. The average molecular weight is 497 g/mol. The van der Waals surface area contributed by atoms with Crippen LogP contribution in [0.15, 0.2) is 55.5 Å². The molecule has 1 aromatic carbocycles. The van der Waals surface area contributed by atoms with Crippen molar-refractivity contribution in [2.45, 2.75) is 9.30 Å². The number of nitrogens with one attached hydrogen (secondary N) is 2. The van der Waals surface area contributed by atoms with E-state index in [0.717, 1.165) is 35.6 Å². The maximum absolute atomic E-state index is 12.5. The minimum Gasteiger partial charge on any atom is -0.475 e. The van der Waals surface area contributed by atoms with Crippen molar-refractivity contribution in [2.75, 3.05) is 9.44 Å². The number of anilines is 2. The fraction of sp³-hybridized carbons (Fsp3) is 0. The van der Waals surface area contributed by atoms with Crippen LogP contribution in [0.5, 0.6) is 0 Å². The molecule has 0 fully saturated rings. The predicted octanol–water partition coefficient (Wildman–Crippen LogP) is 3.95. The fourth-order valence-corrected chi connectivity index (χ4v) is 5.50. The number of sulfonamides is 2. The third-order valence-electron chi connectivity index (χ3n) is 3.37. The van der Waals surface area contributed by atoms with E-state index in [2.05, 4.69) is 9.44 Å². The smallest absolute Gasteiger partial charge is 0.371 e. The van der Waals surface area contributed by atoms with Gasteiger partial charge in [-0.15, -0.1) is 11.3 Å². The summed E-state index contributed by atoms with van der Waals surface area (Å²) in [5.41, 5.74) is -0.436. The van der Waals surface area contributed by atoms with E-state index in [4.69, 9.17) is 32.7 Å². The van der Waals surface area contributed by atoms with Gasteiger partial charge in [0, 0.05) is 0 Å². The number of halogens is 2. The van der Waals surface area contributed by atoms with E-state index >= 15 is 0 Å². The highest BCUT2D eigenvalue weighted by atomic mass is 35.5. The zero-order chi connectivity index (χ0) is 21.4. The van der Waals surface area contributed by atoms with Crippen molar-refractivity contribution in [3.63, 3.8) is 0 Å². The molecule has 0 amide bonds. The van der Waals surface area contributed by atoms with E-state index in [0.29, 0.717) is 0 Å². The summed E-state index contributed by atoms with van der Waals surface area (Å²) in [5.74, 6) is -2.04. The Morgan fingerprint density at radius 2 is 1.55 bits per heavy atom. The molecule has 0 saturated carbocycles. The molecule has 154 valence electrons. The number of carboxylic acid groups (broad SMARTS) is 1. The molecule has 3 N–H and O–H groups in total. The largest absolute Gasteiger partial charge is 0.475 e. The van der Waals surface area contributed by atoms with Gasteiger partial charge < -0.3 is 9.52 Å². The van der Waals surface area contributed by atoms with E-state index in [-0.39, 0.29) is 25.6 Å². The van der Waals surface area contributed by atoms with Crippen molar-refractivity contribution >= 4 is 71.9 Å². The second-order valence-corrected chi connectivity index (χ2v) is 10.7. The Hall–Kier alpha value is -2.25. The van der Waals surface area contributed by atoms with Crippen molar-refractivity contribution < 1.29 is 31.2 Å². The molecule has 0 unspecified atom stereocenters. The van der Waals surface area contributed by atoms with Gasteiger partial charge in [0.25, 0.3) is 20.0 Å². The molecule has 0 bridgehead atoms. The molecule has 9 nitrogen and oxygen atoms in total. The van der Waals surface area contributed by atoms with Gasteiger partial charge in [-0.25, -0.2) is 13.2 Å². The Labute approximate surface area is 179 Å². The molecule has 0 saturated heterocycles. The van der Waals surface area contributed by atoms with Crippen LogP contribution < -0.4 is 9.44 Å². The minimum atomic E-state index is -4.40. The van der Waals surface area contributed by atoms with Crippen molar-refractivity contribution in [1.82, 2.24) is 0 Å². The summed E-state index contributed by atoms with van der Waals surface area (Å²) in [4.78, 5) is 10.9. The Kier molecular flexibility index (Phi) is 5.83. The van der Waals surface area contributed by atoms with Gasteiger partial charge in [0.15, 0.2) is 0 Å². The van der Waals surface area contributed by atoms with Crippen LogP contribution in [-0.2, 0) is 20.0 Å². The quantitative estimate of drug-likeness (QED) is 0.449. The van der Waals surface area contributed by atoms with Crippen LogP contribution in [0.25, 0.3) is 0 Å². The molecular weight excluding hydrogens is 487 g/mol. The van der Waals surface area contributed by atoms with Crippen molar-refractivity contribution in [3.05, 3.63) is 57.6 Å². The first-order valence-electron chi connectivity index (χ1n) is 7.41. The molecule has 3 aromatic rings. The first-order valence-corrected chi connectivity index (χ1v) is 12.0. The molecule has 29 heavy (non-hydrogen) atoms. The zero-order valence-electron chi connectivity index (χ0n) is 13.9. The number of carbonyl (C=O) groups is 1. The molecule has 0 aliphatic rings. The van der Waals surface area contributed by atoms with Gasteiger partial charge >= 0.3 is 5.97 Å². The lowest BCUT2D eigenvalue weighted by atomic mass is 10.3. The molecule has 3 rings (SSSR count). The van der Waals surface area contributed by atoms with E-state index in [1.54, 1.807) is 5.38 Å². The zero-order valence-corrected chi connectivity index (χ0v) is 17.9. The highest BCUT2D eigenvalue weighted by molar-refractivity contribution is 7.94. The summed E-state index contributed by atoms with van der Waals surface area (Å²) in [6.45, 7) is 0. The van der Waals surface area contributed by atoms with Gasteiger partial charge in [-0.3, -0.25) is 9.44 Å². The Bertz CT molecular complexity index is 1280. The maximum Gasteiger partial charge on any atom is 0.371 e. The number of benzene rings is 1. The number of furan rings is 1. The Balaban J connectivity index is 2.00. The van der Waals surface area contributed by atoms with Gasteiger partial charge in [-0.2, -0.15) is 8.42 Å². The highest BCUT2D eigenvalue weighted by Crippen LogP contribution is 2.35. The van der Waals surface area contributed by atoms with Crippen LogP contribution in [-0.4, -0.2) is 27.9 Å². The highest BCUT2D eigenvalue weighted by Gasteiger charge is 2.25. The average Bonchev–Trinajstić information content (AvgIpc) is 3.30. The second kappa shape index (κ2) is 7.88. The SMILES string of the molecule is O=C(O)c1ccc(S(=O)(=O)Nc2cc(Cl)c(Cl)cc2NS(=O)(=O)c2cccs2)o1. The number of rotatable bonds is 7. The predicted molar refractivity (Wildman–Crippen MR) is 108 cm³/mol. The number of thiophene rings is 1. The third-order valence-corrected chi connectivity index (χ3v) is 8.09. The van der Waals surface area contributed by atoms with Crippen molar-refractivity contribution in [1.29, 1.82) is 0 Å². The summed E-state index contributed by atoms with van der Waals surface area (Å²) in [5, 5.41) is 9.67. The first kappa shape index (κ1) is 21.5. The molecule has 0 spiro atoms. The van der Waals surface area contributed by atoms with Crippen LogP contribution in [0.2, 0.25) is 10.0 Å². The summed E-state index contributed by atoms with van der Waals surface area (Å²) < 4.78 is 59.2. The monoisotopic (exact) mass is 496 g/mol. The lowest BCUT2D eigenvalue weighted by Gasteiger charge is -2.14. The number of hydrogen-bond acceptors (Lipinski definition) is 7.